The lowest BCUT2D eigenvalue weighted by Gasteiger charge is -2.22. The second-order valence-electron chi connectivity index (χ2n) is 7.34. The van der Waals surface area contributed by atoms with Crippen molar-refractivity contribution in [2.24, 2.45) is 0 Å². The fraction of sp³-hybridized carbons (Fsp3) is 0.381. The lowest BCUT2D eigenvalue weighted by Crippen LogP contribution is -2.25. The molecule has 0 radical (unpaired) electrons. The standard InChI is InChI=1S/C21H21F3N4OS/c1-13-16(19(29)27-15-8-6-14(7-9-15)21(22,23)24)17-18(25-12-26-20(17)30-13)28-10-4-2-3-5-11-28/h6-9,12H,2-5,10-11H2,1H3,(H,27,29). The van der Waals surface area contributed by atoms with E-state index < -0.39 is 11.7 Å². The Hall–Kier alpha value is -2.68. The van der Waals surface area contributed by atoms with Gasteiger partial charge in [-0.05, 0) is 44.0 Å². The molecule has 0 atom stereocenters. The van der Waals surface area contributed by atoms with Gasteiger partial charge in [-0.1, -0.05) is 12.8 Å². The maximum Gasteiger partial charge on any atom is 0.416 e. The van der Waals surface area contributed by atoms with Gasteiger partial charge in [-0.25, -0.2) is 9.97 Å². The molecule has 0 bridgehead atoms. The first kappa shape index (κ1) is 20.6. The molecule has 1 saturated heterocycles. The molecule has 0 saturated carbocycles. The van der Waals surface area contributed by atoms with Gasteiger partial charge >= 0.3 is 6.18 Å². The third kappa shape index (κ3) is 4.12. The number of thiophene rings is 1. The van der Waals surface area contributed by atoms with E-state index in [1.807, 2.05) is 6.92 Å². The molecule has 30 heavy (non-hydrogen) atoms. The molecule has 158 valence electrons. The number of amides is 1. The fourth-order valence-corrected chi connectivity index (χ4v) is 4.74. The third-order valence-electron chi connectivity index (χ3n) is 5.25. The molecule has 1 N–H and O–H groups in total. The summed E-state index contributed by atoms with van der Waals surface area (Å²) >= 11 is 1.42. The summed E-state index contributed by atoms with van der Waals surface area (Å²) in [5.41, 5.74) is 0.0316. The topological polar surface area (TPSA) is 58.1 Å². The zero-order valence-electron chi connectivity index (χ0n) is 16.4. The van der Waals surface area contributed by atoms with Crippen molar-refractivity contribution in [1.29, 1.82) is 0 Å². The Morgan fingerprint density at radius 2 is 1.73 bits per heavy atom. The van der Waals surface area contributed by atoms with Gasteiger partial charge < -0.3 is 10.2 Å². The van der Waals surface area contributed by atoms with Crippen LogP contribution in [0.15, 0.2) is 30.6 Å². The van der Waals surface area contributed by atoms with E-state index in [4.69, 9.17) is 0 Å². The van der Waals surface area contributed by atoms with E-state index in [0.29, 0.717) is 16.6 Å². The smallest absolute Gasteiger partial charge is 0.356 e. The van der Waals surface area contributed by atoms with E-state index in [2.05, 4.69) is 20.2 Å². The van der Waals surface area contributed by atoms with Gasteiger partial charge in [0, 0.05) is 23.7 Å². The number of benzene rings is 1. The minimum atomic E-state index is -4.41. The SMILES string of the molecule is Cc1sc2ncnc(N3CCCCCC3)c2c1C(=O)Nc1ccc(C(F)(F)F)cc1. The van der Waals surface area contributed by atoms with Crippen LogP contribution in [0.25, 0.3) is 10.2 Å². The number of alkyl halides is 3. The van der Waals surface area contributed by atoms with Crippen molar-refractivity contribution in [1.82, 2.24) is 9.97 Å². The van der Waals surface area contributed by atoms with Crippen molar-refractivity contribution in [2.45, 2.75) is 38.8 Å². The van der Waals surface area contributed by atoms with Gasteiger partial charge in [0.1, 0.15) is 17.0 Å². The average molecular weight is 434 g/mol. The quantitative estimate of drug-likeness (QED) is 0.579. The fourth-order valence-electron chi connectivity index (χ4n) is 3.76. The molecule has 3 heterocycles. The predicted octanol–water partition coefficient (Wildman–Crippen LogP) is 5.65. The van der Waals surface area contributed by atoms with Gasteiger partial charge in [-0.15, -0.1) is 11.3 Å². The molecule has 0 aliphatic carbocycles. The Kier molecular flexibility index (Phi) is 5.64. The third-order valence-corrected chi connectivity index (χ3v) is 6.26. The largest absolute Gasteiger partial charge is 0.416 e. The second kappa shape index (κ2) is 8.22. The second-order valence-corrected chi connectivity index (χ2v) is 8.54. The van der Waals surface area contributed by atoms with E-state index in [1.54, 1.807) is 0 Å². The van der Waals surface area contributed by atoms with Crippen molar-refractivity contribution in [2.75, 3.05) is 23.3 Å². The maximum atomic E-state index is 13.1. The summed E-state index contributed by atoms with van der Waals surface area (Å²) in [5.74, 6) is 0.383. The normalized spacial score (nSPS) is 15.3. The highest BCUT2D eigenvalue weighted by Crippen LogP contribution is 2.36. The van der Waals surface area contributed by atoms with Crippen LogP contribution in [0.3, 0.4) is 0 Å². The summed E-state index contributed by atoms with van der Waals surface area (Å²) < 4.78 is 38.3. The number of anilines is 2. The number of carbonyl (C=O) groups is 1. The van der Waals surface area contributed by atoms with Crippen molar-refractivity contribution in [3.8, 4) is 0 Å². The number of rotatable bonds is 3. The molecule has 1 aliphatic rings. The Bertz CT molecular complexity index is 1050. The highest BCUT2D eigenvalue weighted by atomic mass is 32.1. The number of hydrogen-bond donors (Lipinski definition) is 1. The minimum Gasteiger partial charge on any atom is -0.356 e. The summed E-state index contributed by atoms with van der Waals surface area (Å²) in [6.45, 7) is 3.60. The molecule has 4 rings (SSSR count). The first-order valence-electron chi connectivity index (χ1n) is 9.82. The van der Waals surface area contributed by atoms with Crippen LogP contribution in [-0.2, 0) is 6.18 Å². The van der Waals surface area contributed by atoms with Crippen LogP contribution in [0.2, 0.25) is 0 Å². The maximum absolute atomic E-state index is 13.1. The summed E-state index contributed by atoms with van der Waals surface area (Å²) in [5, 5.41) is 3.44. The van der Waals surface area contributed by atoms with Crippen LogP contribution < -0.4 is 10.2 Å². The molecule has 3 aromatic rings. The van der Waals surface area contributed by atoms with Crippen LogP contribution in [0.1, 0.15) is 46.5 Å². The highest BCUT2D eigenvalue weighted by Gasteiger charge is 2.30. The minimum absolute atomic E-state index is 0.305. The van der Waals surface area contributed by atoms with Crippen LogP contribution in [0.4, 0.5) is 24.7 Å². The Morgan fingerprint density at radius 3 is 2.37 bits per heavy atom. The Morgan fingerprint density at radius 1 is 1.07 bits per heavy atom. The first-order valence-corrected chi connectivity index (χ1v) is 10.6. The number of nitrogens with one attached hydrogen (secondary N) is 1. The Balaban J connectivity index is 1.68. The number of aryl methyl sites for hydroxylation is 1. The summed E-state index contributed by atoms with van der Waals surface area (Å²) in [7, 11) is 0. The van der Waals surface area contributed by atoms with Crippen molar-refractivity contribution in [3.63, 3.8) is 0 Å². The molecule has 9 heteroatoms. The van der Waals surface area contributed by atoms with Crippen molar-refractivity contribution in [3.05, 3.63) is 46.6 Å². The lowest BCUT2D eigenvalue weighted by atomic mass is 10.1. The summed E-state index contributed by atoms with van der Waals surface area (Å²) in [4.78, 5) is 25.7. The Labute approximate surface area is 175 Å². The van der Waals surface area contributed by atoms with Gasteiger partial charge in [0.2, 0.25) is 0 Å². The van der Waals surface area contributed by atoms with Crippen molar-refractivity contribution < 1.29 is 18.0 Å². The van der Waals surface area contributed by atoms with E-state index in [9.17, 15) is 18.0 Å². The lowest BCUT2D eigenvalue weighted by molar-refractivity contribution is -0.137. The van der Waals surface area contributed by atoms with Crippen LogP contribution >= 0.6 is 11.3 Å². The van der Waals surface area contributed by atoms with Crippen LogP contribution in [-0.4, -0.2) is 29.0 Å². The average Bonchev–Trinajstić information content (AvgIpc) is 2.87. The monoisotopic (exact) mass is 434 g/mol. The van der Waals surface area contributed by atoms with Gasteiger partial charge in [0.05, 0.1) is 16.5 Å². The molecular weight excluding hydrogens is 413 g/mol. The van der Waals surface area contributed by atoms with Gasteiger partial charge in [-0.3, -0.25) is 4.79 Å². The highest BCUT2D eigenvalue weighted by molar-refractivity contribution is 7.19. The zero-order chi connectivity index (χ0) is 21.3. The van der Waals surface area contributed by atoms with Gasteiger partial charge in [0.15, 0.2) is 0 Å². The van der Waals surface area contributed by atoms with Crippen LogP contribution in [0.5, 0.6) is 0 Å². The van der Waals surface area contributed by atoms with E-state index in [-0.39, 0.29) is 5.91 Å². The first-order chi connectivity index (χ1) is 14.3. The number of nitrogens with zero attached hydrogens (tertiary/aromatic N) is 3. The summed E-state index contributed by atoms with van der Waals surface area (Å²) in [6, 6.07) is 4.44. The number of hydrogen-bond acceptors (Lipinski definition) is 5. The van der Waals surface area contributed by atoms with E-state index in [1.165, 1.54) is 42.6 Å². The van der Waals surface area contributed by atoms with Gasteiger partial charge in [-0.2, -0.15) is 13.2 Å². The molecular formula is C21H21F3N4OS. The number of carbonyl (C=O) groups excluding carboxylic acids is 1. The van der Waals surface area contributed by atoms with Crippen molar-refractivity contribution >= 4 is 39.0 Å². The molecule has 1 aliphatic heterocycles. The van der Waals surface area contributed by atoms with Gasteiger partial charge in [0.25, 0.3) is 5.91 Å². The molecule has 2 aromatic heterocycles. The zero-order valence-corrected chi connectivity index (χ0v) is 17.2. The molecule has 1 aromatic carbocycles. The predicted molar refractivity (Wildman–Crippen MR) is 112 cm³/mol. The molecule has 5 nitrogen and oxygen atoms in total. The molecule has 1 amide bonds. The molecule has 0 spiro atoms. The van der Waals surface area contributed by atoms with E-state index >= 15 is 0 Å². The molecule has 0 unspecified atom stereocenters. The number of aromatic nitrogens is 2. The van der Waals surface area contributed by atoms with E-state index in [0.717, 1.165) is 53.6 Å². The number of fused-ring (bicyclic) bond motifs is 1. The number of halogens is 3. The molecule has 1 fully saturated rings. The summed E-state index contributed by atoms with van der Waals surface area (Å²) in [6.07, 6.45) is 1.60. The van der Waals surface area contributed by atoms with Crippen LogP contribution in [0, 0.1) is 6.92 Å².